The van der Waals surface area contributed by atoms with E-state index < -0.39 is 5.97 Å². The van der Waals surface area contributed by atoms with Gasteiger partial charge in [-0.2, -0.15) is 0 Å². The van der Waals surface area contributed by atoms with E-state index in [-0.39, 0.29) is 18.2 Å². The fraction of sp³-hybridized carbons (Fsp3) is 0.583. The second kappa shape index (κ2) is 5.84. The molecule has 1 aromatic heterocycles. The SMILES string of the molecule is Cc1oc(CN(CCO)C(C)C)cc1C(=O)O. The molecule has 2 N–H and O–H groups in total. The van der Waals surface area contributed by atoms with Crippen molar-refractivity contribution in [1.29, 1.82) is 0 Å². The van der Waals surface area contributed by atoms with Crippen LogP contribution in [0.25, 0.3) is 0 Å². The highest BCUT2D eigenvalue weighted by atomic mass is 16.4. The van der Waals surface area contributed by atoms with Gasteiger partial charge in [0.1, 0.15) is 17.1 Å². The number of carboxylic acids is 1. The molecule has 5 heteroatoms. The number of furan rings is 1. The van der Waals surface area contributed by atoms with Gasteiger partial charge in [-0.25, -0.2) is 4.79 Å². The molecular weight excluding hydrogens is 222 g/mol. The van der Waals surface area contributed by atoms with Crippen LogP contribution in [0.4, 0.5) is 0 Å². The first-order valence-electron chi connectivity index (χ1n) is 5.63. The lowest BCUT2D eigenvalue weighted by Crippen LogP contribution is -2.32. The summed E-state index contributed by atoms with van der Waals surface area (Å²) >= 11 is 0. The summed E-state index contributed by atoms with van der Waals surface area (Å²) < 4.78 is 5.40. The summed E-state index contributed by atoms with van der Waals surface area (Å²) in [5, 5.41) is 17.9. The summed E-state index contributed by atoms with van der Waals surface area (Å²) in [5.74, 6) is 0.0537. The maximum absolute atomic E-state index is 10.9. The molecule has 96 valence electrons. The number of hydrogen-bond donors (Lipinski definition) is 2. The summed E-state index contributed by atoms with van der Waals surface area (Å²) in [6, 6.07) is 1.81. The maximum Gasteiger partial charge on any atom is 0.339 e. The zero-order valence-corrected chi connectivity index (χ0v) is 10.4. The van der Waals surface area contributed by atoms with Gasteiger partial charge in [-0.1, -0.05) is 0 Å². The molecule has 0 fully saturated rings. The van der Waals surface area contributed by atoms with E-state index in [0.717, 1.165) is 0 Å². The Morgan fingerprint density at radius 2 is 2.18 bits per heavy atom. The van der Waals surface area contributed by atoms with Crippen molar-refractivity contribution >= 4 is 5.97 Å². The molecule has 0 aromatic carbocycles. The Balaban J connectivity index is 2.79. The van der Waals surface area contributed by atoms with Crippen molar-refractivity contribution < 1.29 is 19.4 Å². The van der Waals surface area contributed by atoms with Crippen molar-refractivity contribution in [2.24, 2.45) is 0 Å². The molecular formula is C12H19NO4. The van der Waals surface area contributed by atoms with E-state index in [2.05, 4.69) is 0 Å². The van der Waals surface area contributed by atoms with Crippen molar-refractivity contribution in [2.45, 2.75) is 33.4 Å². The lowest BCUT2D eigenvalue weighted by atomic mass is 10.2. The summed E-state index contributed by atoms with van der Waals surface area (Å²) in [6.45, 7) is 6.79. The Kier molecular flexibility index (Phi) is 4.72. The number of aliphatic hydroxyl groups is 1. The van der Waals surface area contributed by atoms with Gasteiger partial charge in [0, 0.05) is 12.6 Å². The average molecular weight is 241 g/mol. The largest absolute Gasteiger partial charge is 0.478 e. The zero-order chi connectivity index (χ0) is 13.0. The average Bonchev–Trinajstić information content (AvgIpc) is 2.59. The van der Waals surface area contributed by atoms with Crippen LogP contribution in [0.15, 0.2) is 10.5 Å². The van der Waals surface area contributed by atoms with Crippen molar-refractivity contribution in [3.63, 3.8) is 0 Å². The van der Waals surface area contributed by atoms with E-state index in [1.165, 1.54) is 0 Å². The van der Waals surface area contributed by atoms with Gasteiger partial charge in [0.15, 0.2) is 0 Å². The topological polar surface area (TPSA) is 73.9 Å². The molecule has 0 aliphatic rings. The molecule has 0 saturated carbocycles. The lowest BCUT2D eigenvalue weighted by molar-refractivity contribution is 0.0695. The van der Waals surface area contributed by atoms with Crippen LogP contribution in [0.5, 0.6) is 0 Å². The van der Waals surface area contributed by atoms with Crippen molar-refractivity contribution in [3.8, 4) is 0 Å². The molecule has 0 amide bonds. The molecule has 17 heavy (non-hydrogen) atoms. The third kappa shape index (κ3) is 3.57. The second-order valence-electron chi connectivity index (χ2n) is 4.28. The molecule has 0 aliphatic heterocycles. The molecule has 0 spiro atoms. The van der Waals surface area contributed by atoms with Gasteiger partial charge in [0.25, 0.3) is 0 Å². The maximum atomic E-state index is 10.9. The molecule has 0 unspecified atom stereocenters. The second-order valence-corrected chi connectivity index (χ2v) is 4.28. The lowest BCUT2D eigenvalue weighted by Gasteiger charge is -2.24. The molecule has 0 aliphatic carbocycles. The summed E-state index contributed by atoms with van der Waals surface area (Å²) in [4.78, 5) is 12.9. The summed E-state index contributed by atoms with van der Waals surface area (Å²) in [5.41, 5.74) is 0.202. The van der Waals surface area contributed by atoms with Crippen LogP contribution < -0.4 is 0 Å². The van der Waals surface area contributed by atoms with Crippen molar-refractivity contribution in [1.82, 2.24) is 4.90 Å². The highest BCUT2D eigenvalue weighted by molar-refractivity contribution is 5.88. The van der Waals surface area contributed by atoms with Gasteiger partial charge in [0.05, 0.1) is 13.2 Å². The number of rotatable bonds is 6. The molecule has 1 aromatic rings. The molecule has 0 saturated heterocycles. The van der Waals surface area contributed by atoms with Crippen LogP contribution >= 0.6 is 0 Å². The predicted octanol–water partition coefficient (Wildman–Crippen LogP) is 1.49. The van der Waals surface area contributed by atoms with Crippen LogP contribution in [0.1, 0.15) is 35.7 Å². The van der Waals surface area contributed by atoms with Crippen molar-refractivity contribution in [2.75, 3.05) is 13.2 Å². The van der Waals surface area contributed by atoms with E-state index in [9.17, 15) is 4.79 Å². The number of aliphatic hydroxyl groups excluding tert-OH is 1. The molecule has 1 rings (SSSR count). The van der Waals surface area contributed by atoms with Crippen LogP contribution in [0.2, 0.25) is 0 Å². The quantitative estimate of drug-likeness (QED) is 0.789. The number of hydrogen-bond acceptors (Lipinski definition) is 4. The predicted molar refractivity (Wildman–Crippen MR) is 63.0 cm³/mol. The normalized spacial score (nSPS) is 11.4. The molecule has 0 bridgehead atoms. The minimum atomic E-state index is -0.976. The Labute approximate surface area is 101 Å². The smallest absolute Gasteiger partial charge is 0.339 e. The highest BCUT2D eigenvalue weighted by Crippen LogP contribution is 2.17. The Bertz CT molecular complexity index is 384. The minimum Gasteiger partial charge on any atom is -0.478 e. The van der Waals surface area contributed by atoms with E-state index in [1.807, 2.05) is 18.7 Å². The number of aryl methyl sites for hydroxylation is 1. The van der Waals surface area contributed by atoms with Gasteiger partial charge < -0.3 is 14.6 Å². The monoisotopic (exact) mass is 241 g/mol. The Morgan fingerprint density at radius 1 is 1.53 bits per heavy atom. The van der Waals surface area contributed by atoms with Gasteiger partial charge in [-0.15, -0.1) is 0 Å². The third-order valence-electron chi connectivity index (χ3n) is 2.68. The molecule has 0 radical (unpaired) electrons. The van der Waals surface area contributed by atoms with E-state index in [1.54, 1.807) is 13.0 Å². The number of nitrogens with zero attached hydrogens (tertiary/aromatic N) is 1. The zero-order valence-electron chi connectivity index (χ0n) is 10.4. The number of aromatic carboxylic acids is 1. The van der Waals surface area contributed by atoms with Crippen LogP contribution in [-0.2, 0) is 6.54 Å². The molecule has 0 atom stereocenters. The first-order chi connectivity index (χ1) is 7.95. The van der Waals surface area contributed by atoms with Gasteiger partial charge >= 0.3 is 5.97 Å². The summed E-state index contributed by atoms with van der Waals surface area (Å²) in [7, 11) is 0. The molecule has 1 heterocycles. The Morgan fingerprint density at radius 3 is 2.59 bits per heavy atom. The fourth-order valence-corrected chi connectivity index (χ4v) is 1.68. The fourth-order valence-electron chi connectivity index (χ4n) is 1.68. The van der Waals surface area contributed by atoms with Crippen LogP contribution in [-0.4, -0.2) is 40.3 Å². The van der Waals surface area contributed by atoms with Gasteiger partial charge in [-0.3, -0.25) is 4.90 Å². The standard InChI is InChI=1S/C12H19NO4/c1-8(2)13(4-5-14)7-10-6-11(12(15)16)9(3)17-10/h6,8,14H,4-5,7H2,1-3H3,(H,15,16). The highest BCUT2D eigenvalue weighted by Gasteiger charge is 2.17. The van der Waals surface area contributed by atoms with Gasteiger partial charge in [0.2, 0.25) is 0 Å². The van der Waals surface area contributed by atoms with Crippen LogP contribution in [0.3, 0.4) is 0 Å². The third-order valence-corrected chi connectivity index (χ3v) is 2.68. The van der Waals surface area contributed by atoms with E-state index in [4.69, 9.17) is 14.6 Å². The number of carboxylic acid groups (broad SMARTS) is 1. The minimum absolute atomic E-state index is 0.0731. The summed E-state index contributed by atoms with van der Waals surface area (Å²) in [6.07, 6.45) is 0. The van der Waals surface area contributed by atoms with E-state index in [0.29, 0.717) is 24.6 Å². The Hall–Kier alpha value is -1.33. The first-order valence-corrected chi connectivity index (χ1v) is 5.63. The van der Waals surface area contributed by atoms with E-state index >= 15 is 0 Å². The number of carbonyl (C=O) groups is 1. The van der Waals surface area contributed by atoms with Gasteiger partial charge in [-0.05, 0) is 26.8 Å². The molecule has 5 nitrogen and oxygen atoms in total. The van der Waals surface area contributed by atoms with Crippen molar-refractivity contribution in [3.05, 3.63) is 23.2 Å². The van der Waals surface area contributed by atoms with Crippen LogP contribution in [0, 0.1) is 6.92 Å². The first kappa shape index (κ1) is 13.7.